The van der Waals surface area contributed by atoms with Crippen molar-refractivity contribution in [2.45, 2.75) is 0 Å². The Bertz CT molecular complexity index is 743. The largest absolute Gasteiger partial charge is 0.402 e. The molecule has 2 aromatic rings. The quantitative estimate of drug-likeness (QED) is 0.634. The molecule has 3 rings (SSSR count). The number of carbonyl (C=O) groups is 1. The van der Waals surface area contributed by atoms with E-state index in [9.17, 15) is 4.79 Å². The predicted molar refractivity (Wildman–Crippen MR) is 82.6 cm³/mol. The summed E-state index contributed by atoms with van der Waals surface area (Å²) in [6, 6.07) is 19.0. The van der Waals surface area contributed by atoms with Gasteiger partial charge in [-0.15, -0.1) is 0 Å². The molecule has 0 saturated carbocycles. The van der Waals surface area contributed by atoms with Crippen molar-refractivity contribution in [1.82, 2.24) is 0 Å². The van der Waals surface area contributed by atoms with Gasteiger partial charge >= 0.3 is 5.97 Å². The van der Waals surface area contributed by atoms with Crippen molar-refractivity contribution >= 4 is 17.4 Å². The van der Waals surface area contributed by atoms with Crippen LogP contribution in [0.4, 0.5) is 0 Å². The van der Waals surface area contributed by atoms with Crippen LogP contribution in [0, 0.1) is 0 Å². The minimum Gasteiger partial charge on any atom is -0.402 e. The number of esters is 1. The van der Waals surface area contributed by atoms with Crippen molar-refractivity contribution in [3.05, 3.63) is 90.1 Å². The highest BCUT2D eigenvalue weighted by Crippen LogP contribution is 2.21. The Kier molecular flexibility index (Phi) is 3.48. The molecule has 0 aromatic heterocycles. The molecule has 1 aliphatic heterocycles. The van der Waals surface area contributed by atoms with Gasteiger partial charge in [0.25, 0.3) is 0 Å². The summed E-state index contributed by atoms with van der Waals surface area (Å²) in [5.41, 5.74) is 2.71. The third-order valence-electron chi connectivity index (χ3n) is 3.10. The third-order valence-corrected chi connectivity index (χ3v) is 3.10. The van der Waals surface area contributed by atoms with Gasteiger partial charge in [-0.05, 0) is 29.3 Å². The van der Waals surface area contributed by atoms with Crippen LogP contribution in [-0.4, -0.2) is 11.9 Å². The first-order valence-electron chi connectivity index (χ1n) is 6.56. The van der Waals surface area contributed by atoms with E-state index in [1.165, 1.54) is 0 Å². The zero-order chi connectivity index (χ0) is 14.7. The van der Waals surface area contributed by atoms with Crippen LogP contribution in [0.25, 0.3) is 5.57 Å². The molecule has 0 amide bonds. The molecule has 0 aliphatic carbocycles. The number of aliphatic imine (C=N–C) groups is 1. The van der Waals surface area contributed by atoms with Crippen LogP contribution >= 0.6 is 0 Å². The average Bonchev–Trinajstić information content (AvgIpc) is 2.90. The standard InChI is InChI=1S/C18H13NO2/c1-13(14-8-4-2-5-9-14)12-16-18(20)21-17(19-16)15-10-6-3-7-11-15/h2-12H,1H2. The molecule has 0 N–H and O–H groups in total. The van der Waals surface area contributed by atoms with Crippen molar-refractivity contribution in [3.8, 4) is 0 Å². The third kappa shape index (κ3) is 2.82. The van der Waals surface area contributed by atoms with E-state index >= 15 is 0 Å². The van der Waals surface area contributed by atoms with Gasteiger partial charge in [0.05, 0.1) is 0 Å². The molecular weight excluding hydrogens is 262 g/mol. The van der Waals surface area contributed by atoms with E-state index in [0.29, 0.717) is 5.90 Å². The van der Waals surface area contributed by atoms with E-state index in [1.54, 1.807) is 6.08 Å². The lowest BCUT2D eigenvalue weighted by Gasteiger charge is -1.99. The van der Waals surface area contributed by atoms with Gasteiger partial charge in [-0.1, -0.05) is 55.1 Å². The van der Waals surface area contributed by atoms with Gasteiger partial charge in [0, 0.05) is 5.56 Å². The average molecular weight is 275 g/mol. The van der Waals surface area contributed by atoms with Crippen LogP contribution in [0.3, 0.4) is 0 Å². The summed E-state index contributed by atoms with van der Waals surface area (Å²) in [6.07, 6.45) is 1.65. The molecule has 0 unspecified atom stereocenters. The van der Waals surface area contributed by atoms with Crippen LogP contribution in [0.5, 0.6) is 0 Å². The molecule has 0 radical (unpaired) electrons. The summed E-state index contributed by atoms with van der Waals surface area (Å²) < 4.78 is 5.20. The van der Waals surface area contributed by atoms with Gasteiger partial charge in [-0.2, -0.15) is 0 Å². The highest BCUT2D eigenvalue weighted by atomic mass is 16.6. The number of rotatable bonds is 3. The minimum absolute atomic E-state index is 0.266. The fourth-order valence-corrected chi connectivity index (χ4v) is 2.01. The number of benzene rings is 2. The van der Waals surface area contributed by atoms with Gasteiger partial charge in [0.1, 0.15) is 0 Å². The summed E-state index contributed by atoms with van der Waals surface area (Å²) in [4.78, 5) is 16.1. The second-order valence-electron chi connectivity index (χ2n) is 4.59. The number of nitrogens with zero attached hydrogens (tertiary/aromatic N) is 1. The maximum atomic E-state index is 11.9. The van der Waals surface area contributed by atoms with E-state index in [0.717, 1.165) is 16.7 Å². The molecule has 0 saturated heterocycles. The second-order valence-corrected chi connectivity index (χ2v) is 4.59. The molecule has 21 heavy (non-hydrogen) atoms. The maximum Gasteiger partial charge on any atom is 0.363 e. The van der Waals surface area contributed by atoms with Gasteiger partial charge in [0.15, 0.2) is 5.70 Å². The fourth-order valence-electron chi connectivity index (χ4n) is 2.01. The highest BCUT2D eigenvalue weighted by Gasteiger charge is 2.24. The summed E-state index contributed by atoms with van der Waals surface area (Å²) in [7, 11) is 0. The minimum atomic E-state index is -0.453. The molecule has 2 aromatic carbocycles. The Hall–Kier alpha value is -2.94. The van der Waals surface area contributed by atoms with E-state index in [-0.39, 0.29) is 5.70 Å². The highest BCUT2D eigenvalue weighted by molar-refractivity contribution is 6.11. The Morgan fingerprint density at radius 2 is 1.62 bits per heavy atom. The lowest BCUT2D eigenvalue weighted by Crippen LogP contribution is -2.05. The number of carbonyl (C=O) groups excluding carboxylic acids is 1. The number of cyclic esters (lactones) is 1. The topological polar surface area (TPSA) is 38.7 Å². The van der Waals surface area contributed by atoms with Crippen LogP contribution in [-0.2, 0) is 9.53 Å². The van der Waals surface area contributed by atoms with Crippen LogP contribution < -0.4 is 0 Å². The molecule has 0 atom stereocenters. The van der Waals surface area contributed by atoms with Crippen LogP contribution in [0.15, 0.2) is 84.0 Å². The molecule has 1 heterocycles. The summed E-state index contributed by atoms with van der Waals surface area (Å²) in [5.74, 6) is -0.126. The van der Waals surface area contributed by atoms with Crippen LogP contribution in [0.1, 0.15) is 11.1 Å². The number of ether oxygens (including phenoxy) is 1. The molecule has 3 nitrogen and oxygen atoms in total. The van der Waals surface area contributed by atoms with Gasteiger partial charge in [-0.25, -0.2) is 9.79 Å². The van der Waals surface area contributed by atoms with Crippen molar-refractivity contribution < 1.29 is 9.53 Å². The van der Waals surface area contributed by atoms with Gasteiger partial charge in [-0.3, -0.25) is 0 Å². The van der Waals surface area contributed by atoms with Crippen molar-refractivity contribution in [3.63, 3.8) is 0 Å². The predicted octanol–water partition coefficient (Wildman–Crippen LogP) is 3.59. The Labute approximate surface area is 122 Å². The first-order chi connectivity index (χ1) is 10.2. The van der Waals surface area contributed by atoms with Gasteiger partial charge in [0.2, 0.25) is 5.90 Å². The molecule has 1 aliphatic rings. The Balaban J connectivity index is 1.89. The lowest BCUT2D eigenvalue weighted by molar-refractivity contribution is -0.130. The zero-order valence-corrected chi connectivity index (χ0v) is 11.3. The first-order valence-corrected chi connectivity index (χ1v) is 6.56. The molecule has 0 spiro atoms. The molecule has 0 bridgehead atoms. The first kappa shape index (κ1) is 13.1. The monoisotopic (exact) mass is 275 g/mol. The number of hydrogen-bond acceptors (Lipinski definition) is 3. The van der Waals surface area contributed by atoms with Gasteiger partial charge < -0.3 is 4.74 Å². The summed E-state index contributed by atoms with van der Waals surface area (Å²) >= 11 is 0. The summed E-state index contributed by atoms with van der Waals surface area (Å²) in [5, 5.41) is 0. The zero-order valence-electron chi connectivity index (χ0n) is 11.3. The lowest BCUT2D eigenvalue weighted by atomic mass is 10.1. The van der Waals surface area contributed by atoms with E-state index in [4.69, 9.17) is 4.74 Å². The second kappa shape index (κ2) is 5.59. The smallest absolute Gasteiger partial charge is 0.363 e. The number of hydrogen-bond donors (Lipinski definition) is 0. The fraction of sp³-hybridized carbons (Fsp3) is 0. The van der Waals surface area contributed by atoms with Crippen molar-refractivity contribution in [1.29, 1.82) is 0 Å². The molecular formula is C18H13NO2. The van der Waals surface area contributed by atoms with E-state index in [1.807, 2.05) is 60.7 Å². The molecule has 3 heteroatoms. The Morgan fingerprint density at radius 1 is 1.00 bits per heavy atom. The van der Waals surface area contributed by atoms with Crippen molar-refractivity contribution in [2.24, 2.45) is 4.99 Å². The molecule has 102 valence electrons. The summed E-state index contributed by atoms with van der Waals surface area (Å²) in [6.45, 7) is 3.97. The maximum absolute atomic E-state index is 11.9. The normalized spacial score (nSPS) is 15.7. The van der Waals surface area contributed by atoms with E-state index in [2.05, 4.69) is 11.6 Å². The van der Waals surface area contributed by atoms with Crippen molar-refractivity contribution in [2.75, 3.05) is 0 Å². The SMILES string of the molecule is C=C(C=C1N=C(c2ccccc2)OC1=O)c1ccccc1. The van der Waals surface area contributed by atoms with Crippen LogP contribution in [0.2, 0.25) is 0 Å². The number of allylic oxidation sites excluding steroid dienone is 2. The molecule has 0 fully saturated rings. The Morgan fingerprint density at radius 3 is 2.29 bits per heavy atom. The van der Waals surface area contributed by atoms with E-state index < -0.39 is 5.97 Å².